The molecule has 0 aliphatic rings. The minimum atomic E-state index is 0.490. The van der Waals surface area contributed by atoms with Crippen LogP contribution in [-0.2, 0) is 6.54 Å². The fraction of sp³-hybridized carbons (Fsp3) is 0.438. The van der Waals surface area contributed by atoms with Gasteiger partial charge in [-0.1, -0.05) is 32.0 Å². The highest BCUT2D eigenvalue weighted by Crippen LogP contribution is 2.27. The third-order valence-corrected chi connectivity index (χ3v) is 3.28. The van der Waals surface area contributed by atoms with E-state index in [1.165, 1.54) is 11.1 Å². The van der Waals surface area contributed by atoms with Gasteiger partial charge in [0, 0.05) is 30.7 Å². The Morgan fingerprint density at radius 2 is 1.79 bits per heavy atom. The van der Waals surface area contributed by atoms with Crippen LogP contribution < -0.4 is 10.6 Å². The lowest BCUT2D eigenvalue weighted by atomic mass is 10.1. The van der Waals surface area contributed by atoms with Crippen LogP contribution in [0, 0.1) is 0 Å². The van der Waals surface area contributed by atoms with Gasteiger partial charge in [-0.3, -0.25) is 4.98 Å². The lowest BCUT2D eigenvalue weighted by Crippen LogP contribution is -2.25. The van der Waals surface area contributed by atoms with Crippen molar-refractivity contribution in [1.82, 2.24) is 4.98 Å². The molecule has 0 saturated carbocycles. The molecule has 1 aromatic carbocycles. The molecule has 0 amide bonds. The van der Waals surface area contributed by atoms with E-state index in [0.717, 1.165) is 37.1 Å². The first kappa shape index (κ1) is 13.8. The number of anilines is 1. The zero-order valence-electron chi connectivity index (χ0n) is 11.9. The first-order chi connectivity index (χ1) is 9.30. The molecule has 1 aromatic heterocycles. The molecule has 0 fully saturated rings. The Bertz CT molecular complexity index is 531. The summed E-state index contributed by atoms with van der Waals surface area (Å²) in [7, 11) is 0. The molecule has 1 heterocycles. The van der Waals surface area contributed by atoms with Gasteiger partial charge in [-0.05, 0) is 25.0 Å². The zero-order valence-corrected chi connectivity index (χ0v) is 11.9. The van der Waals surface area contributed by atoms with Gasteiger partial charge >= 0.3 is 0 Å². The highest BCUT2D eigenvalue weighted by Gasteiger charge is 2.11. The predicted octanol–water partition coefficient (Wildman–Crippen LogP) is 3.32. The Kier molecular flexibility index (Phi) is 4.74. The molecule has 2 rings (SSSR count). The van der Waals surface area contributed by atoms with Crippen LogP contribution in [0.3, 0.4) is 0 Å². The molecule has 0 bridgehead atoms. The van der Waals surface area contributed by atoms with Gasteiger partial charge in [0.25, 0.3) is 0 Å². The largest absolute Gasteiger partial charge is 0.371 e. The maximum atomic E-state index is 5.78. The van der Waals surface area contributed by atoms with E-state index >= 15 is 0 Å². The molecular weight excluding hydrogens is 234 g/mol. The average Bonchev–Trinajstić information content (AvgIpc) is 2.46. The second-order valence-electron chi connectivity index (χ2n) is 4.84. The summed E-state index contributed by atoms with van der Waals surface area (Å²) in [5, 5.41) is 1.22. The molecule has 0 atom stereocenters. The summed E-state index contributed by atoms with van der Waals surface area (Å²) in [5.41, 5.74) is 9.05. The third kappa shape index (κ3) is 3.04. The predicted molar refractivity (Wildman–Crippen MR) is 82.4 cm³/mol. The highest BCUT2D eigenvalue weighted by atomic mass is 15.1. The van der Waals surface area contributed by atoms with Crippen molar-refractivity contribution < 1.29 is 0 Å². The minimum Gasteiger partial charge on any atom is -0.371 e. The Balaban J connectivity index is 2.54. The summed E-state index contributed by atoms with van der Waals surface area (Å²) < 4.78 is 0. The summed E-state index contributed by atoms with van der Waals surface area (Å²) in [5.74, 6) is 0. The molecule has 3 heteroatoms. The standard InChI is InChI=1S/C16H23N3/c1-3-9-19(10-4-2)16-11-13(12-17)18-15-8-6-5-7-14(15)16/h5-8,11H,3-4,9-10,12,17H2,1-2H3. The number of pyridine rings is 1. The number of fused-ring (bicyclic) bond motifs is 1. The molecular formula is C16H23N3. The van der Waals surface area contributed by atoms with Crippen molar-refractivity contribution in [3.63, 3.8) is 0 Å². The number of hydrogen-bond acceptors (Lipinski definition) is 3. The van der Waals surface area contributed by atoms with Crippen LogP contribution in [0.4, 0.5) is 5.69 Å². The zero-order chi connectivity index (χ0) is 13.7. The van der Waals surface area contributed by atoms with Gasteiger partial charge in [0.05, 0.1) is 11.2 Å². The van der Waals surface area contributed by atoms with Crippen molar-refractivity contribution in [3.05, 3.63) is 36.0 Å². The summed E-state index contributed by atoms with van der Waals surface area (Å²) in [6.45, 7) is 7.08. The Hall–Kier alpha value is -1.61. The molecule has 3 nitrogen and oxygen atoms in total. The second kappa shape index (κ2) is 6.53. The van der Waals surface area contributed by atoms with E-state index in [-0.39, 0.29) is 0 Å². The van der Waals surface area contributed by atoms with Crippen LogP contribution in [0.5, 0.6) is 0 Å². The number of nitrogens with two attached hydrogens (primary N) is 1. The second-order valence-corrected chi connectivity index (χ2v) is 4.84. The van der Waals surface area contributed by atoms with Crippen molar-refractivity contribution in [3.8, 4) is 0 Å². The molecule has 0 unspecified atom stereocenters. The molecule has 102 valence electrons. The molecule has 2 N–H and O–H groups in total. The fourth-order valence-electron chi connectivity index (χ4n) is 2.47. The first-order valence-electron chi connectivity index (χ1n) is 7.13. The van der Waals surface area contributed by atoms with Crippen LogP contribution in [0.15, 0.2) is 30.3 Å². The lowest BCUT2D eigenvalue weighted by molar-refractivity contribution is 0.746. The van der Waals surface area contributed by atoms with Crippen molar-refractivity contribution in [1.29, 1.82) is 0 Å². The molecule has 0 aliphatic heterocycles. The number of rotatable bonds is 6. The van der Waals surface area contributed by atoms with Crippen LogP contribution in [-0.4, -0.2) is 18.1 Å². The number of aromatic nitrogens is 1. The van der Waals surface area contributed by atoms with Crippen LogP contribution >= 0.6 is 0 Å². The SMILES string of the molecule is CCCN(CCC)c1cc(CN)nc2ccccc12. The summed E-state index contributed by atoms with van der Waals surface area (Å²) in [6.07, 6.45) is 2.29. The first-order valence-corrected chi connectivity index (χ1v) is 7.13. The van der Waals surface area contributed by atoms with E-state index in [1.807, 2.05) is 6.07 Å². The maximum Gasteiger partial charge on any atom is 0.0726 e. The van der Waals surface area contributed by atoms with E-state index in [1.54, 1.807) is 0 Å². The van der Waals surface area contributed by atoms with Gasteiger partial charge in [0.15, 0.2) is 0 Å². The van der Waals surface area contributed by atoms with Gasteiger partial charge in [0.1, 0.15) is 0 Å². The number of nitrogens with zero attached hydrogens (tertiary/aromatic N) is 2. The summed E-state index contributed by atoms with van der Waals surface area (Å²) in [6, 6.07) is 10.5. The van der Waals surface area contributed by atoms with E-state index in [0.29, 0.717) is 6.54 Å². The molecule has 0 spiro atoms. The highest BCUT2D eigenvalue weighted by molar-refractivity contribution is 5.92. The average molecular weight is 257 g/mol. The van der Waals surface area contributed by atoms with Crippen molar-refractivity contribution in [2.24, 2.45) is 5.73 Å². The van der Waals surface area contributed by atoms with E-state index in [4.69, 9.17) is 5.73 Å². The van der Waals surface area contributed by atoms with Crippen LogP contribution in [0.25, 0.3) is 10.9 Å². The third-order valence-electron chi connectivity index (χ3n) is 3.28. The topological polar surface area (TPSA) is 42.1 Å². The molecule has 0 saturated heterocycles. The Morgan fingerprint density at radius 1 is 1.11 bits per heavy atom. The molecule has 0 aliphatic carbocycles. The Morgan fingerprint density at radius 3 is 2.42 bits per heavy atom. The fourth-order valence-corrected chi connectivity index (χ4v) is 2.47. The normalized spacial score (nSPS) is 10.9. The summed E-state index contributed by atoms with van der Waals surface area (Å²) in [4.78, 5) is 7.05. The minimum absolute atomic E-state index is 0.490. The summed E-state index contributed by atoms with van der Waals surface area (Å²) >= 11 is 0. The quantitative estimate of drug-likeness (QED) is 0.863. The van der Waals surface area contributed by atoms with Gasteiger partial charge in [-0.2, -0.15) is 0 Å². The van der Waals surface area contributed by atoms with E-state index in [2.05, 4.69) is 48.0 Å². The maximum absolute atomic E-state index is 5.78. The van der Waals surface area contributed by atoms with Gasteiger partial charge in [-0.15, -0.1) is 0 Å². The molecule has 19 heavy (non-hydrogen) atoms. The number of para-hydroxylation sites is 1. The number of hydrogen-bond donors (Lipinski definition) is 1. The van der Waals surface area contributed by atoms with Gasteiger partial charge < -0.3 is 10.6 Å². The van der Waals surface area contributed by atoms with Crippen molar-refractivity contribution in [2.75, 3.05) is 18.0 Å². The van der Waals surface area contributed by atoms with E-state index < -0.39 is 0 Å². The molecule has 2 aromatic rings. The van der Waals surface area contributed by atoms with E-state index in [9.17, 15) is 0 Å². The lowest BCUT2D eigenvalue weighted by Gasteiger charge is -2.25. The number of benzene rings is 1. The Labute approximate surface area is 115 Å². The van der Waals surface area contributed by atoms with Gasteiger partial charge in [-0.25, -0.2) is 0 Å². The smallest absolute Gasteiger partial charge is 0.0726 e. The van der Waals surface area contributed by atoms with Crippen molar-refractivity contribution in [2.45, 2.75) is 33.2 Å². The van der Waals surface area contributed by atoms with Crippen LogP contribution in [0.2, 0.25) is 0 Å². The van der Waals surface area contributed by atoms with Gasteiger partial charge in [0.2, 0.25) is 0 Å². The van der Waals surface area contributed by atoms with Crippen LogP contribution in [0.1, 0.15) is 32.4 Å². The van der Waals surface area contributed by atoms with Crippen molar-refractivity contribution >= 4 is 16.6 Å². The molecule has 0 radical (unpaired) electrons. The monoisotopic (exact) mass is 257 g/mol.